The molecule has 0 radical (unpaired) electrons. The Hall–Kier alpha value is -1.22. The van der Waals surface area contributed by atoms with Crippen LogP contribution in [-0.4, -0.2) is 31.4 Å². The SMILES string of the molecule is CCCCNc1cc(C(=O)N(C)C)ccc1Cl. The third-order valence-electron chi connectivity index (χ3n) is 2.47. The van der Waals surface area contributed by atoms with Gasteiger partial charge in [-0.15, -0.1) is 0 Å². The molecule has 1 aromatic rings. The van der Waals surface area contributed by atoms with Gasteiger partial charge >= 0.3 is 0 Å². The van der Waals surface area contributed by atoms with E-state index in [-0.39, 0.29) is 5.91 Å². The number of halogens is 1. The third-order valence-corrected chi connectivity index (χ3v) is 2.79. The number of hydrogen-bond acceptors (Lipinski definition) is 2. The molecule has 17 heavy (non-hydrogen) atoms. The van der Waals surface area contributed by atoms with Crippen molar-refractivity contribution in [3.05, 3.63) is 28.8 Å². The summed E-state index contributed by atoms with van der Waals surface area (Å²) in [7, 11) is 3.47. The second-order valence-electron chi connectivity index (χ2n) is 4.17. The highest BCUT2D eigenvalue weighted by Gasteiger charge is 2.10. The predicted molar refractivity (Wildman–Crippen MR) is 72.9 cm³/mol. The first-order chi connectivity index (χ1) is 8.06. The summed E-state index contributed by atoms with van der Waals surface area (Å²) < 4.78 is 0. The normalized spacial score (nSPS) is 10.1. The van der Waals surface area contributed by atoms with Gasteiger partial charge in [-0.2, -0.15) is 0 Å². The molecular formula is C13H19ClN2O. The van der Waals surface area contributed by atoms with E-state index in [1.807, 2.05) is 0 Å². The Morgan fingerprint density at radius 3 is 2.71 bits per heavy atom. The number of anilines is 1. The van der Waals surface area contributed by atoms with Gasteiger partial charge < -0.3 is 10.2 Å². The first-order valence-electron chi connectivity index (χ1n) is 5.81. The molecule has 1 amide bonds. The van der Waals surface area contributed by atoms with E-state index >= 15 is 0 Å². The fraction of sp³-hybridized carbons (Fsp3) is 0.462. The van der Waals surface area contributed by atoms with E-state index in [1.165, 1.54) is 0 Å². The minimum Gasteiger partial charge on any atom is -0.384 e. The Balaban J connectivity index is 2.83. The van der Waals surface area contributed by atoms with Gasteiger partial charge in [-0.25, -0.2) is 0 Å². The van der Waals surface area contributed by atoms with Gasteiger partial charge in [0.15, 0.2) is 0 Å². The summed E-state index contributed by atoms with van der Waals surface area (Å²) in [6.07, 6.45) is 2.21. The van der Waals surface area contributed by atoms with E-state index in [0.717, 1.165) is 25.1 Å². The van der Waals surface area contributed by atoms with E-state index < -0.39 is 0 Å². The minimum absolute atomic E-state index is 0.0137. The lowest BCUT2D eigenvalue weighted by Gasteiger charge is -2.13. The molecule has 0 saturated heterocycles. The first kappa shape index (κ1) is 13.8. The van der Waals surface area contributed by atoms with Crippen molar-refractivity contribution in [3.63, 3.8) is 0 Å². The van der Waals surface area contributed by atoms with Crippen molar-refractivity contribution < 1.29 is 4.79 Å². The molecule has 4 heteroatoms. The number of benzene rings is 1. The summed E-state index contributed by atoms with van der Waals surface area (Å²) in [5, 5.41) is 3.89. The highest BCUT2D eigenvalue weighted by Crippen LogP contribution is 2.23. The molecule has 1 rings (SSSR count). The molecule has 94 valence electrons. The van der Waals surface area contributed by atoms with E-state index in [4.69, 9.17) is 11.6 Å². The maximum atomic E-state index is 11.8. The summed E-state index contributed by atoms with van der Waals surface area (Å²) in [4.78, 5) is 13.3. The van der Waals surface area contributed by atoms with Crippen LogP contribution < -0.4 is 5.32 Å². The van der Waals surface area contributed by atoms with Gasteiger partial charge in [0.1, 0.15) is 0 Å². The molecule has 0 aliphatic rings. The van der Waals surface area contributed by atoms with Crippen molar-refractivity contribution in [1.82, 2.24) is 4.90 Å². The van der Waals surface area contributed by atoms with E-state index in [9.17, 15) is 4.79 Å². The zero-order valence-corrected chi connectivity index (χ0v) is 11.3. The maximum Gasteiger partial charge on any atom is 0.253 e. The van der Waals surface area contributed by atoms with Crippen LogP contribution in [0, 0.1) is 0 Å². The van der Waals surface area contributed by atoms with E-state index in [0.29, 0.717) is 10.6 Å². The lowest BCUT2D eigenvalue weighted by Crippen LogP contribution is -2.21. The number of nitrogens with one attached hydrogen (secondary N) is 1. The fourth-order valence-electron chi connectivity index (χ4n) is 1.45. The van der Waals surface area contributed by atoms with Crippen molar-refractivity contribution in [1.29, 1.82) is 0 Å². The van der Waals surface area contributed by atoms with Crippen LogP contribution >= 0.6 is 11.6 Å². The third kappa shape index (κ3) is 3.93. The molecule has 0 saturated carbocycles. The number of hydrogen-bond donors (Lipinski definition) is 1. The molecule has 0 bridgehead atoms. The van der Waals surface area contributed by atoms with Crippen LogP contribution in [0.3, 0.4) is 0 Å². The van der Waals surface area contributed by atoms with Gasteiger partial charge in [-0.1, -0.05) is 24.9 Å². The maximum absolute atomic E-state index is 11.8. The average Bonchev–Trinajstić information content (AvgIpc) is 2.30. The molecule has 0 spiro atoms. The topological polar surface area (TPSA) is 32.3 Å². The van der Waals surface area contributed by atoms with E-state index in [2.05, 4.69) is 12.2 Å². The number of carbonyl (C=O) groups excluding carboxylic acids is 1. The molecular weight excluding hydrogens is 236 g/mol. The van der Waals surface area contributed by atoms with Crippen LogP contribution in [0.5, 0.6) is 0 Å². The van der Waals surface area contributed by atoms with Gasteiger partial charge in [-0.05, 0) is 24.6 Å². The zero-order valence-electron chi connectivity index (χ0n) is 10.6. The summed E-state index contributed by atoms with van der Waals surface area (Å²) >= 11 is 6.07. The Morgan fingerprint density at radius 1 is 1.41 bits per heavy atom. The molecule has 0 heterocycles. The quantitative estimate of drug-likeness (QED) is 0.818. The Morgan fingerprint density at radius 2 is 2.12 bits per heavy atom. The lowest BCUT2D eigenvalue weighted by atomic mass is 10.1. The number of rotatable bonds is 5. The second-order valence-corrected chi connectivity index (χ2v) is 4.58. The molecule has 0 atom stereocenters. The van der Waals surface area contributed by atoms with Gasteiger partial charge in [0.2, 0.25) is 0 Å². The molecule has 3 nitrogen and oxygen atoms in total. The van der Waals surface area contributed by atoms with Crippen LogP contribution in [0.4, 0.5) is 5.69 Å². The number of amides is 1. The monoisotopic (exact) mass is 254 g/mol. The van der Waals surface area contributed by atoms with Crippen LogP contribution in [-0.2, 0) is 0 Å². The average molecular weight is 255 g/mol. The molecule has 0 aliphatic heterocycles. The molecule has 0 fully saturated rings. The van der Waals surface area contributed by atoms with E-state index in [1.54, 1.807) is 37.2 Å². The summed E-state index contributed by atoms with van der Waals surface area (Å²) in [6.45, 7) is 3.01. The van der Waals surface area contributed by atoms with Crippen molar-refractivity contribution in [2.75, 3.05) is 26.0 Å². The van der Waals surface area contributed by atoms with Crippen LogP contribution in [0.15, 0.2) is 18.2 Å². The highest BCUT2D eigenvalue weighted by atomic mass is 35.5. The first-order valence-corrected chi connectivity index (χ1v) is 6.19. The zero-order chi connectivity index (χ0) is 12.8. The number of unbranched alkanes of at least 4 members (excludes halogenated alkanes) is 1. The summed E-state index contributed by atoms with van der Waals surface area (Å²) in [5.74, 6) is -0.0137. The highest BCUT2D eigenvalue weighted by molar-refractivity contribution is 6.33. The molecule has 0 aliphatic carbocycles. The van der Waals surface area contributed by atoms with Crippen molar-refractivity contribution in [3.8, 4) is 0 Å². The minimum atomic E-state index is -0.0137. The van der Waals surface area contributed by atoms with Gasteiger partial charge in [0, 0.05) is 26.2 Å². The summed E-state index contributed by atoms with van der Waals surface area (Å²) in [5.41, 5.74) is 1.48. The Kier molecular flexibility index (Phi) is 5.29. The van der Waals surface area contributed by atoms with Crippen LogP contribution in [0.2, 0.25) is 5.02 Å². The lowest BCUT2D eigenvalue weighted by molar-refractivity contribution is 0.0827. The van der Waals surface area contributed by atoms with Crippen molar-refractivity contribution >= 4 is 23.2 Å². The van der Waals surface area contributed by atoms with Gasteiger partial charge in [-0.3, -0.25) is 4.79 Å². The van der Waals surface area contributed by atoms with Crippen LogP contribution in [0.25, 0.3) is 0 Å². The molecule has 0 aromatic heterocycles. The largest absolute Gasteiger partial charge is 0.384 e. The fourth-order valence-corrected chi connectivity index (χ4v) is 1.64. The smallest absolute Gasteiger partial charge is 0.253 e. The predicted octanol–water partition coefficient (Wildman–Crippen LogP) is 3.25. The molecule has 1 aromatic carbocycles. The molecule has 1 N–H and O–H groups in total. The molecule has 0 unspecified atom stereocenters. The van der Waals surface area contributed by atoms with Crippen molar-refractivity contribution in [2.45, 2.75) is 19.8 Å². The van der Waals surface area contributed by atoms with Gasteiger partial charge in [0.25, 0.3) is 5.91 Å². The number of carbonyl (C=O) groups is 1. The van der Waals surface area contributed by atoms with Gasteiger partial charge in [0.05, 0.1) is 10.7 Å². The Bertz CT molecular complexity index is 391. The second kappa shape index (κ2) is 6.50. The van der Waals surface area contributed by atoms with Crippen molar-refractivity contribution in [2.24, 2.45) is 0 Å². The standard InChI is InChI=1S/C13H19ClN2O/c1-4-5-8-15-12-9-10(6-7-11(12)14)13(17)16(2)3/h6-7,9,15H,4-5,8H2,1-3H3. The summed E-state index contributed by atoms with van der Waals surface area (Å²) in [6, 6.07) is 5.31. The Labute approximate surface area is 108 Å². The van der Waals surface area contributed by atoms with Crippen LogP contribution in [0.1, 0.15) is 30.1 Å². The number of nitrogens with zero attached hydrogens (tertiary/aromatic N) is 1.